The number of rotatable bonds is 3. The van der Waals surface area contributed by atoms with Gasteiger partial charge in [0.25, 0.3) is 0 Å². The Morgan fingerprint density at radius 2 is 2.38 bits per heavy atom. The first-order chi connectivity index (χ1) is 7.68. The lowest BCUT2D eigenvalue weighted by Crippen LogP contribution is -2.51. The third kappa shape index (κ3) is 2.62. The summed E-state index contributed by atoms with van der Waals surface area (Å²) in [6.45, 7) is 6.76. The normalized spacial score (nSPS) is 27.5. The summed E-state index contributed by atoms with van der Waals surface area (Å²) in [7, 11) is 2.25. The molecule has 0 spiro atoms. The van der Waals surface area contributed by atoms with E-state index in [1.165, 1.54) is 11.3 Å². The molecule has 2 heterocycles. The van der Waals surface area contributed by atoms with Crippen molar-refractivity contribution >= 4 is 11.3 Å². The minimum Gasteiger partial charge on any atom is -0.313 e. The van der Waals surface area contributed by atoms with Crippen LogP contribution in [0, 0.1) is 5.92 Å². The molecule has 0 amide bonds. The van der Waals surface area contributed by atoms with E-state index in [4.69, 9.17) is 0 Å². The van der Waals surface area contributed by atoms with Crippen molar-refractivity contribution in [3.8, 4) is 0 Å². The second kappa shape index (κ2) is 5.25. The Balaban J connectivity index is 2.05. The Hall–Kier alpha value is -0.450. The molecule has 4 heteroatoms. The second-order valence-electron chi connectivity index (χ2n) is 5.03. The fourth-order valence-corrected chi connectivity index (χ4v) is 3.19. The van der Waals surface area contributed by atoms with Crippen LogP contribution in [0.15, 0.2) is 11.7 Å². The predicted molar refractivity (Wildman–Crippen MR) is 68.7 cm³/mol. The summed E-state index contributed by atoms with van der Waals surface area (Å²) in [5, 5.41) is 3.55. The first-order valence-electron chi connectivity index (χ1n) is 5.99. The van der Waals surface area contributed by atoms with E-state index in [1.807, 2.05) is 11.7 Å². The van der Waals surface area contributed by atoms with Gasteiger partial charge in [-0.2, -0.15) is 0 Å². The highest BCUT2D eigenvalue weighted by molar-refractivity contribution is 7.09. The molecule has 16 heavy (non-hydrogen) atoms. The molecule has 2 atom stereocenters. The molecule has 1 fully saturated rings. The van der Waals surface area contributed by atoms with Crippen LogP contribution in [0.4, 0.5) is 0 Å². The lowest BCUT2D eigenvalue weighted by atomic mass is 9.98. The van der Waals surface area contributed by atoms with Crippen molar-refractivity contribution < 1.29 is 0 Å². The largest absolute Gasteiger partial charge is 0.313 e. The van der Waals surface area contributed by atoms with E-state index in [2.05, 4.69) is 36.1 Å². The molecule has 0 aliphatic carbocycles. The van der Waals surface area contributed by atoms with Gasteiger partial charge in [-0.3, -0.25) is 9.88 Å². The maximum absolute atomic E-state index is 4.18. The summed E-state index contributed by atoms with van der Waals surface area (Å²) in [4.78, 5) is 8.08. The van der Waals surface area contributed by atoms with Gasteiger partial charge in [0.2, 0.25) is 0 Å². The minimum atomic E-state index is 0.505. The van der Waals surface area contributed by atoms with E-state index in [0.29, 0.717) is 12.1 Å². The Kier molecular flexibility index (Phi) is 3.95. The van der Waals surface area contributed by atoms with Crippen molar-refractivity contribution in [2.45, 2.75) is 32.4 Å². The van der Waals surface area contributed by atoms with Crippen LogP contribution in [-0.2, 0) is 0 Å². The first-order valence-corrected chi connectivity index (χ1v) is 6.87. The number of nitrogens with one attached hydrogen (secondary N) is 1. The number of nitrogens with zero attached hydrogens (tertiary/aromatic N) is 2. The molecule has 1 aliphatic rings. The van der Waals surface area contributed by atoms with Gasteiger partial charge in [-0.15, -0.1) is 11.3 Å². The molecule has 3 nitrogen and oxygen atoms in total. The molecular weight excluding hydrogens is 218 g/mol. The third-order valence-electron chi connectivity index (χ3n) is 3.31. The number of piperazine rings is 1. The van der Waals surface area contributed by atoms with Gasteiger partial charge in [0, 0.05) is 30.2 Å². The van der Waals surface area contributed by atoms with Gasteiger partial charge in [-0.05, 0) is 19.4 Å². The standard InChI is InChI=1S/C12H21N3S/c1-9(2)4-10-5-13-6-11(15(10)3)12-7-14-8-16-12/h7-11,13H,4-6H2,1-3H3/t10-,11?/m1/s1. The topological polar surface area (TPSA) is 28.2 Å². The Labute approximate surface area is 102 Å². The Morgan fingerprint density at radius 3 is 3.00 bits per heavy atom. The van der Waals surface area contributed by atoms with Crippen LogP contribution in [0.2, 0.25) is 0 Å². The summed E-state index contributed by atoms with van der Waals surface area (Å²) < 4.78 is 0. The average molecular weight is 239 g/mol. The fourth-order valence-electron chi connectivity index (χ4n) is 2.41. The molecule has 90 valence electrons. The van der Waals surface area contributed by atoms with Gasteiger partial charge in [-0.25, -0.2) is 0 Å². The highest BCUT2D eigenvalue weighted by atomic mass is 32.1. The van der Waals surface area contributed by atoms with Gasteiger partial charge >= 0.3 is 0 Å². The SMILES string of the molecule is CC(C)C[C@@H]1CNCC(c2cncs2)N1C. The molecule has 1 aromatic rings. The van der Waals surface area contributed by atoms with Gasteiger partial charge in [0.05, 0.1) is 11.6 Å². The zero-order valence-corrected chi connectivity index (χ0v) is 11.1. The fraction of sp³-hybridized carbons (Fsp3) is 0.750. The van der Waals surface area contributed by atoms with Gasteiger partial charge in [-0.1, -0.05) is 13.8 Å². The van der Waals surface area contributed by atoms with E-state index in [9.17, 15) is 0 Å². The summed E-state index contributed by atoms with van der Waals surface area (Å²) in [6.07, 6.45) is 3.27. The lowest BCUT2D eigenvalue weighted by molar-refractivity contribution is 0.115. The zero-order valence-electron chi connectivity index (χ0n) is 10.3. The van der Waals surface area contributed by atoms with Crippen molar-refractivity contribution in [3.63, 3.8) is 0 Å². The highest BCUT2D eigenvalue weighted by Gasteiger charge is 2.29. The van der Waals surface area contributed by atoms with Crippen LogP contribution >= 0.6 is 11.3 Å². The van der Waals surface area contributed by atoms with Crippen molar-refractivity contribution in [3.05, 3.63) is 16.6 Å². The van der Waals surface area contributed by atoms with Gasteiger partial charge < -0.3 is 5.32 Å². The molecule has 1 saturated heterocycles. The molecule has 0 saturated carbocycles. The molecule has 1 aliphatic heterocycles. The smallest absolute Gasteiger partial charge is 0.0794 e. The number of hydrogen-bond acceptors (Lipinski definition) is 4. The van der Waals surface area contributed by atoms with Gasteiger partial charge in [0.1, 0.15) is 0 Å². The van der Waals surface area contributed by atoms with E-state index in [1.54, 1.807) is 11.3 Å². The van der Waals surface area contributed by atoms with Crippen LogP contribution in [0.1, 0.15) is 31.2 Å². The monoisotopic (exact) mass is 239 g/mol. The van der Waals surface area contributed by atoms with Crippen LogP contribution in [0.5, 0.6) is 0 Å². The second-order valence-corrected chi connectivity index (χ2v) is 5.94. The Bertz CT molecular complexity index is 310. The molecule has 1 N–H and O–H groups in total. The van der Waals surface area contributed by atoms with Crippen LogP contribution in [0.3, 0.4) is 0 Å². The number of thiazole rings is 1. The highest BCUT2D eigenvalue weighted by Crippen LogP contribution is 2.28. The molecule has 1 aromatic heterocycles. The number of aromatic nitrogens is 1. The van der Waals surface area contributed by atoms with Crippen LogP contribution in [-0.4, -0.2) is 36.1 Å². The van der Waals surface area contributed by atoms with Crippen molar-refractivity contribution in [2.24, 2.45) is 5.92 Å². The molecule has 0 radical (unpaired) electrons. The molecular formula is C12H21N3S. The maximum Gasteiger partial charge on any atom is 0.0794 e. The lowest BCUT2D eigenvalue weighted by Gasteiger charge is -2.40. The van der Waals surface area contributed by atoms with E-state index in [0.717, 1.165) is 19.0 Å². The first kappa shape index (κ1) is 12.0. The number of hydrogen-bond donors (Lipinski definition) is 1. The van der Waals surface area contributed by atoms with E-state index in [-0.39, 0.29) is 0 Å². The summed E-state index contributed by atoms with van der Waals surface area (Å²) in [5.41, 5.74) is 1.93. The predicted octanol–water partition coefficient (Wildman–Crippen LogP) is 2.13. The van der Waals surface area contributed by atoms with Crippen LogP contribution < -0.4 is 5.32 Å². The summed E-state index contributed by atoms with van der Waals surface area (Å²) in [5.74, 6) is 0.759. The van der Waals surface area contributed by atoms with E-state index < -0.39 is 0 Å². The Morgan fingerprint density at radius 1 is 1.56 bits per heavy atom. The minimum absolute atomic E-state index is 0.505. The molecule has 2 rings (SSSR count). The van der Waals surface area contributed by atoms with E-state index >= 15 is 0 Å². The van der Waals surface area contributed by atoms with Crippen LogP contribution in [0.25, 0.3) is 0 Å². The number of likely N-dealkylation sites (N-methyl/N-ethyl adjacent to an activating group) is 1. The molecule has 0 bridgehead atoms. The quantitative estimate of drug-likeness (QED) is 0.876. The van der Waals surface area contributed by atoms with Crippen molar-refractivity contribution in [2.75, 3.05) is 20.1 Å². The van der Waals surface area contributed by atoms with Gasteiger partial charge in [0.15, 0.2) is 0 Å². The maximum atomic E-state index is 4.18. The molecule has 0 aromatic carbocycles. The average Bonchev–Trinajstić information content (AvgIpc) is 2.73. The zero-order chi connectivity index (χ0) is 11.5. The summed E-state index contributed by atoms with van der Waals surface area (Å²) >= 11 is 1.76. The third-order valence-corrected chi connectivity index (χ3v) is 4.19. The van der Waals surface area contributed by atoms with Crippen molar-refractivity contribution in [1.29, 1.82) is 0 Å². The summed E-state index contributed by atoms with van der Waals surface area (Å²) in [6, 6.07) is 1.16. The van der Waals surface area contributed by atoms with Crippen molar-refractivity contribution in [1.82, 2.24) is 15.2 Å². The molecule has 1 unspecified atom stereocenters.